The summed E-state index contributed by atoms with van der Waals surface area (Å²) in [4.78, 5) is 38.4. The van der Waals surface area contributed by atoms with Crippen molar-refractivity contribution in [3.63, 3.8) is 0 Å². The van der Waals surface area contributed by atoms with E-state index in [1.807, 2.05) is 0 Å². The first-order valence-corrected chi connectivity index (χ1v) is 10.6. The van der Waals surface area contributed by atoms with E-state index in [9.17, 15) is 27.6 Å². The molecule has 11 nitrogen and oxygen atoms in total. The number of nitrogens with zero attached hydrogens (tertiary/aromatic N) is 5. The molecule has 2 aliphatic rings. The van der Waals surface area contributed by atoms with E-state index in [0.29, 0.717) is 17.5 Å². The Bertz CT molecular complexity index is 1090. The summed E-state index contributed by atoms with van der Waals surface area (Å²) in [5.41, 5.74) is -2.83. The first-order chi connectivity index (χ1) is 16.2. The van der Waals surface area contributed by atoms with Gasteiger partial charge in [0.25, 0.3) is 11.8 Å². The van der Waals surface area contributed by atoms with Gasteiger partial charge in [-0.05, 0) is 25.3 Å². The van der Waals surface area contributed by atoms with Crippen molar-refractivity contribution in [2.75, 3.05) is 20.2 Å². The highest BCUT2D eigenvalue weighted by Crippen LogP contribution is 2.35. The smallest absolute Gasteiger partial charge is 0.434 e. The minimum absolute atomic E-state index is 0.0412. The Balaban J connectivity index is 1.41. The van der Waals surface area contributed by atoms with Gasteiger partial charge in [0.15, 0.2) is 11.5 Å². The molecule has 1 saturated carbocycles. The van der Waals surface area contributed by atoms with Gasteiger partial charge in [0.2, 0.25) is 5.88 Å². The van der Waals surface area contributed by atoms with Gasteiger partial charge < -0.3 is 15.4 Å². The summed E-state index contributed by atoms with van der Waals surface area (Å²) in [7, 11) is 1.33. The van der Waals surface area contributed by atoms with Crippen molar-refractivity contribution >= 4 is 17.8 Å². The molecule has 2 N–H and O–H groups in total. The number of halogens is 3. The molecule has 2 fully saturated rings. The molecule has 4 amide bonds. The summed E-state index contributed by atoms with van der Waals surface area (Å²) in [6, 6.07) is 2.06. The number of methoxy groups -OCH3 is 1. The van der Waals surface area contributed by atoms with E-state index in [1.54, 1.807) is 0 Å². The number of urea groups is 1. The van der Waals surface area contributed by atoms with Gasteiger partial charge in [0, 0.05) is 19.2 Å². The third-order valence-electron chi connectivity index (χ3n) is 5.88. The van der Waals surface area contributed by atoms with E-state index in [4.69, 9.17) is 4.74 Å². The van der Waals surface area contributed by atoms with Crippen LogP contribution in [-0.4, -0.2) is 68.5 Å². The van der Waals surface area contributed by atoms with Crippen LogP contribution in [0, 0.1) is 0 Å². The molecule has 0 atom stereocenters. The zero-order valence-corrected chi connectivity index (χ0v) is 18.2. The molecule has 1 spiro atoms. The predicted octanol–water partition coefficient (Wildman–Crippen LogP) is 1.67. The summed E-state index contributed by atoms with van der Waals surface area (Å²) in [5, 5.41) is 16.1. The second-order valence-corrected chi connectivity index (χ2v) is 8.04. The molecule has 1 aliphatic heterocycles. The molecule has 2 aromatic rings. The monoisotopic (exact) mass is 481 g/mol. The first kappa shape index (κ1) is 23.4. The van der Waals surface area contributed by atoms with Crippen LogP contribution in [0.4, 0.5) is 18.0 Å². The topological polar surface area (TPSA) is 131 Å². The Morgan fingerprint density at radius 1 is 1.24 bits per heavy atom. The molecular formula is C20H22F3N7O4. The lowest BCUT2D eigenvalue weighted by molar-refractivity contribution is -0.143. The van der Waals surface area contributed by atoms with Gasteiger partial charge in [-0.15, -0.1) is 10.2 Å². The van der Waals surface area contributed by atoms with Crippen LogP contribution in [0.5, 0.6) is 5.88 Å². The number of amides is 4. The number of carbonyl (C=O) groups is 3. The number of ether oxygens (including phenoxy) is 1. The fourth-order valence-corrected chi connectivity index (χ4v) is 4.23. The van der Waals surface area contributed by atoms with Crippen LogP contribution in [-0.2, 0) is 11.0 Å². The van der Waals surface area contributed by atoms with Crippen LogP contribution in [0.2, 0.25) is 0 Å². The summed E-state index contributed by atoms with van der Waals surface area (Å²) >= 11 is 0. The standard InChI is InChI=1S/C20H22F3N7O4/c1-34-14-6-5-13(27-28-14)30-15(20(21,22)23)12(11-25-30)16(31)24-9-4-10-29-17(32)19(26-18(29)33)7-2-3-8-19/h5-6,11H,2-4,7-10H2,1H3,(H,24,31)(H,26,33). The first-order valence-electron chi connectivity index (χ1n) is 10.6. The number of hydrogen-bond donors (Lipinski definition) is 2. The van der Waals surface area contributed by atoms with Crippen LogP contribution in [0.1, 0.15) is 48.2 Å². The van der Waals surface area contributed by atoms with Crippen LogP contribution in [0.25, 0.3) is 5.82 Å². The zero-order chi connectivity index (χ0) is 24.5. The Kier molecular flexibility index (Phi) is 6.15. The van der Waals surface area contributed by atoms with Gasteiger partial charge in [-0.2, -0.15) is 18.3 Å². The minimum atomic E-state index is -4.90. The van der Waals surface area contributed by atoms with Crippen molar-refractivity contribution in [2.45, 2.75) is 43.8 Å². The van der Waals surface area contributed by atoms with E-state index < -0.39 is 34.9 Å². The zero-order valence-electron chi connectivity index (χ0n) is 18.2. The van der Waals surface area contributed by atoms with Gasteiger partial charge in [-0.25, -0.2) is 9.48 Å². The summed E-state index contributed by atoms with van der Waals surface area (Å²) < 4.78 is 46.6. The highest BCUT2D eigenvalue weighted by atomic mass is 19.4. The predicted molar refractivity (Wildman–Crippen MR) is 109 cm³/mol. The van der Waals surface area contributed by atoms with E-state index in [0.717, 1.165) is 23.9 Å². The number of nitrogens with one attached hydrogen (secondary N) is 2. The van der Waals surface area contributed by atoms with E-state index in [1.165, 1.54) is 19.2 Å². The molecule has 0 unspecified atom stereocenters. The van der Waals surface area contributed by atoms with Crippen molar-refractivity contribution < 1.29 is 32.3 Å². The van der Waals surface area contributed by atoms with Crippen LogP contribution in [0.3, 0.4) is 0 Å². The number of hydrogen-bond acceptors (Lipinski definition) is 7. The lowest BCUT2D eigenvalue weighted by Crippen LogP contribution is -2.44. The maximum absolute atomic E-state index is 13.8. The molecule has 34 heavy (non-hydrogen) atoms. The lowest BCUT2D eigenvalue weighted by Gasteiger charge is -2.20. The Labute approximate surface area is 191 Å². The average Bonchev–Trinajstić information content (AvgIpc) is 3.51. The maximum Gasteiger partial charge on any atom is 0.434 e. The third-order valence-corrected chi connectivity index (χ3v) is 5.88. The van der Waals surface area contributed by atoms with Gasteiger partial charge in [-0.1, -0.05) is 12.8 Å². The molecule has 14 heteroatoms. The summed E-state index contributed by atoms with van der Waals surface area (Å²) in [6.07, 6.45) is -1.03. The fraction of sp³-hybridized carbons (Fsp3) is 0.500. The number of rotatable bonds is 7. The third kappa shape index (κ3) is 4.26. The maximum atomic E-state index is 13.8. The quantitative estimate of drug-likeness (QED) is 0.454. The van der Waals surface area contributed by atoms with Crippen molar-refractivity contribution in [3.05, 3.63) is 29.6 Å². The molecule has 0 radical (unpaired) electrons. The molecular weight excluding hydrogens is 459 g/mol. The molecule has 3 heterocycles. The van der Waals surface area contributed by atoms with Crippen LogP contribution in [0.15, 0.2) is 18.3 Å². The van der Waals surface area contributed by atoms with Crippen LogP contribution >= 0.6 is 0 Å². The number of aromatic nitrogens is 4. The molecule has 4 rings (SSSR count). The van der Waals surface area contributed by atoms with Gasteiger partial charge in [-0.3, -0.25) is 14.5 Å². The lowest BCUT2D eigenvalue weighted by atomic mass is 9.98. The van der Waals surface area contributed by atoms with E-state index >= 15 is 0 Å². The summed E-state index contributed by atoms with van der Waals surface area (Å²) in [5.74, 6) is -1.43. The van der Waals surface area contributed by atoms with Crippen LogP contribution < -0.4 is 15.4 Å². The molecule has 0 aromatic carbocycles. The Morgan fingerprint density at radius 3 is 2.59 bits per heavy atom. The fourth-order valence-electron chi connectivity index (χ4n) is 4.23. The Hall–Kier alpha value is -3.71. The molecule has 182 valence electrons. The largest absolute Gasteiger partial charge is 0.480 e. The molecule has 1 aliphatic carbocycles. The van der Waals surface area contributed by atoms with Gasteiger partial charge in [0.05, 0.1) is 18.9 Å². The Morgan fingerprint density at radius 2 is 1.97 bits per heavy atom. The molecule has 2 aromatic heterocycles. The SMILES string of the molecule is COc1ccc(-n2ncc(C(=O)NCCCN3C(=O)NC4(CCCC4)C3=O)c2C(F)(F)F)nn1. The highest BCUT2D eigenvalue weighted by molar-refractivity contribution is 6.07. The minimum Gasteiger partial charge on any atom is -0.480 e. The van der Waals surface area contributed by atoms with Crippen molar-refractivity contribution in [1.29, 1.82) is 0 Å². The van der Waals surface area contributed by atoms with E-state index in [-0.39, 0.29) is 37.1 Å². The van der Waals surface area contributed by atoms with Gasteiger partial charge >= 0.3 is 12.2 Å². The van der Waals surface area contributed by atoms with Crippen molar-refractivity contribution in [2.24, 2.45) is 0 Å². The second kappa shape index (κ2) is 8.91. The van der Waals surface area contributed by atoms with Crippen molar-refractivity contribution in [3.8, 4) is 11.7 Å². The molecule has 1 saturated heterocycles. The number of alkyl halides is 3. The normalized spacial score (nSPS) is 17.4. The second-order valence-electron chi connectivity index (χ2n) is 8.04. The average molecular weight is 481 g/mol. The molecule has 0 bridgehead atoms. The summed E-state index contributed by atoms with van der Waals surface area (Å²) in [6.45, 7) is -0.00671. The van der Waals surface area contributed by atoms with Gasteiger partial charge in [0.1, 0.15) is 5.54 Å². The number of carbonyl (C=O) groups excluding carboxylic acids is 3. The van der Waals surface area contributed by atoms with E-state index in [2.05, 4.69) is 25.9 Å². The number of imide groups is 1. The highest BCUT2D eigenvalue weighted by Gasteiger charge is 2.52. The van der Waals surface area contributed by atoms with Crippen molar-refractivity contribution in [1.82, 2.24) is 35.5 Å².